The van der Waals surface area contributed by atoms with Crippen LogP contribution in [0.25, 0.3) is 11.5 Å². The number of rotatable bonds is 4. The molecule has 1 atom stereocenters. The zero-order valence-electron chi connectivity index (χ0n) is 17.0. The summed E-state index contributed by atoms with van der Waals surface area (Å²) in [6.07, 6.45) is 1.92. The van der Waals surface area contributed by atoms with Gasteiger partial charge in [-0.2, -0.15) is 14.3 Å². The second-order valence-electron chi connectivity index (χ2n) is 7.15. The van der Waals surface area contributed by atoms with Gasteiger partial charge >= 0.3 is 0 Å². The Hall–Kier alpha value is -4.15. The van der Waals surface area contributed by atoms with Crippen molar-refractivity contribution in [1.82, 2.24) is 29.6 Å². The van der Waals surface area contributed by atoms with E-state index >= 15 is 0 Å². The average molecular weight is 421 g/mol. The number of nitrogens with one attached hydrogen (secondary N) is 1. The highest BCUT2D eigenvalue weighted by Crippen LogP contribution is 2.44. The Balaban J connectivity index is 1.63. The summed E-state index contributed by atoms with van der Waals surface area (Å²) < 4.78 is 13.7. The molecule has 0 saturated carbocycles. The maximum atomic E-state index is 12.6. The third-order valence-electron chi connectivity index (χ3n) is 5.35. The minimum atomic E-state index is -0.304. The van der Waals surface area contributed by atoms with Crippen molar-refractivity contribution in [2.45, 2.75) is 19.3 Å². The maximum Gasteiger partial charge on any atom is 0.226 e. The second kappa shape index (κ2) is 6.97. The zero-order chi connectivity index (χ0) is 21.7. The van der Waals surface area contributed by atoms with Gasteiger partial charge in [0.2, 0.25) is 11.7 Å². The molecule has 0 bridgehead atoms. The molecule has 1 aliphatic heterocycles. The standard InChI is InChI=1S/C20H19N7O4/c1-10-23-24-16-4-5-17(25-26(10)16)27-20-13(9-21-27)12(8-18(28)22-20)11-6-14(30-2)19(29)15(7-11)31-3/h4-7,9,12,29H,8H2,1-3H3,(H,22,28)/t12-/m1/s1. The maximum absolute atomic E-state index is 12.6. The van der Waals surface area contributed by atoms with Gasteiger partial charge in [0, 0.05) is 17.9 Å². The molecule has 11 nitrogen and oxygen atoms in total. The number of ether oxygens (including phenoxy) is 2. The highest BCUT2D eigenvalue weighted by molar-refractivity contribution is 5.94. The van der Waals surface area contributed by atoms with Crippen LogP contribution in [0, 0.1) is 6.92 Å². The third-order valence-corrected chi connectivity index (χ3v) is 5.35. The summed E-state index contributed by atoms with van der Waals surface area (Å²) >= 11 is 0. The highest BCUT2D eigenvalue weighted by atomic mass is 16.5. The molecule has 3 aromatic heterocycles. The number of aryl methyl sites for hydroxylation is 1. The molecular weight excluding hydrogens is 402 g/mol. The lowest BCUT2D eigenvalue weighted by Gasteiger charge is -2.24. The normalized spacial score (nSPS) is 15.6. The number of hydrogen-bond acceptors (Lipinski definition) is 8. The van der Waals surface area contributed by atoms with Crippen LogP contribution in [0.1, 0.15) is 29.3 Å². The predicted molar refractivity (Wildman–Crippen MR) is 109 cm³/mol. The van der Waals surface area contributed by atoms with Crippen LogP contribution in [0.15, 0.2) is 30.5 Å². The van der Waals surface area contributed by atoms with E-state index in [0.717, 1.165) is 11.1 Å². The van der Waals surface area contributed by atoms with E-state index in [9.17, 15) is 9.90 Å². The summed E-state index contributed by atoms with van der Waals surface area (Å²) in [4.78, 5) is 12.6. The van der Waals surface area contributed by atoms with Crippen molar-refractivity contribution in [3.8, 4) is 23.1 Å². The summed E-state index contributed by atoms with van der Waals surface area (Å²) in [5.41, 5.74) is 2.20. The lowest BCUT2D eigenvalue weighted by Crippen LogP contribution is -2.25. The van der Waals surface area contributed by atoms with Gasteiger partial charge in [0.25, 0.3) is 0 Å². The molecule has 31 heavy (non-hydrogen) atoms. The average Bonchev–Trinajstić information content (AvgIpc) is 3.36. The predicted octanol–water partition coefficient (Wildman–Crippen LogP) is 1.82. The van der Waals surface area contributed by atoms with Gasteiger partial charge in [-0.15, -0.1) is 15.3 Å². The van der Waals surface area contributed by atoms with Gasteiger partial charge in [0.05, 0.1) is 20.4 Å². The van der Waals surface area contributed by atoms with Gasteiger partial charge in [-0.05, 0) is 36.8 Å². The molecule has 0 fully saturated rings. The minimum absolute atomic E-state index is 0.0910. The third kappa shape index (κ3) is 2.93. The fourth-order valence-electron chi connectivity index (χ4n) is 3.81. The van der Waals surface area contributed by atoms with E-state index in [1.165, 1.54) is 14.2 Å². The Morgan fingerprint density at radius 3 is 2.61 bits per heavy atom. The zero-order valence-corrected chi connectivity index (χ0v) is 17.0. The van der Waals surface area contributed by atoms with Gasteiger partial charge in [-0.3, -0.25) is 4.79 Å². The summed E-state index contributed by atoms with van der Waals surface area (Å²) in [5.74, 6) is 1.67. The van der Waals surface area contributed by atoms with Gasteiger partial charge in [-0.25, -0.2) is 0 Å². The van der Waals surface area contributed by atoms with Crippen LogP contribution in [0.5, 0.6) is 17.2 Å². The highest BCUT2D eigenvalue weighted by Gasteiger charge is 2.32. The Morgan fingerprint density at radius 2 is 1.90 bits per heavy atom. The molecule has 0 unspecified atom stereocenters. The smallest absolute Gasteiger partial charge is 0.226 e. The van der Waals surface area contributed by atoms with Crippen LogP contribution in [0.4, 0.5) is 5.82 Å². The SMILES string of the molecule is COc1cc([C@H]2CC(=O)Nc3c2cnn3-c2ccc3nnc(C)n3n2)cc(OC)c1O. The molecule has 158 valence electrons. The lowest BCUT2D eigenvalue weighted by molar-refractivity contribution is -0.116. The fourth-order valence-corrected chi connectivity index (χ4v) is 3.81. The van der Waals surface area contributed by atoms with Crippen molar-refractivity contribution in [2.24, 2.45) is 0 Å². The minimum Gasteiger partial charge on any atom is -0.502 e. The van der Waals surface area contributed by atoms with E-state index in [2.05, 4.69) is 25.7 Å². The van der Waals surface area contributed by atoms with Crippen LogP contribution >= 0.6 is 0 Å². The number of aromatic nitrogens is 6. The first-order valence-electron chi connectivity index (χ1n) is 9.52. The van der Waals surface area contributed by atoms with E-state index < -0.39 is 0 Å². The van der Waals surface area contributed by atoms with Gasteiger partial charge < -0.3 is 19.9 Å². The Labute approximate surface area is 176 Å². The second-order valence-corrected chi connectivity index (χ2v) is 7.15. The van der Waals surface area contributed by atoms with Crippen molar-refractivity contribution in [2.75, 3.05) is 19.5 Å². The number of fused-ring (bicyclic) bond motifs is 2. The lowest BCUT2D eigenvalue weighted by atomic mass is 9.87. The number of amides is 1. The number of carbonyl (C=O) groups excluding carboxylic acids is 1. The number of methoxy groups -OCH3 is 2. The first kappa shape index (κ1) is 18.9. The molecule has 0 radical (unpaired) electrons. The summed E-state index contributed by atoms with van der Waals surface area (Å²) in [7, 11) is 2.92. The van der Waals surface area contributed by atoms with Gasteiger partial charge in [-0.1, -0.05) is 0 Å². The molecule has 0 saturated heterocycles. The van der Waals surface area contributed by atoms with E-state index in [4.69, 9.17) is 9.47 Å². The molecule has 5 rings (SSSR count). The fraction of sp³-hybridized carbons (Fsp3) is 0.250. The monoisotopic (exact) mass is 421 g/mol. The number of benzene rings is 1. The quantitative estimate of drug-likeness (QED) is 0.511. The summed E-state index contributed by atoms with van der Waals surface area (Å²) in [6.45, 7) is 1.80. The van der Waals surface area contributed by atoms with E-state index in [1.54, 1.807) is 46.6 Å². The Bertz CT molecular complexity index is 1300. The van der Waals surface area contributed by atoms with Crippen molar-refractivity contribution in [3.63, 3.8) is 0 Å². The summed E-state index contributed by atoms with van der Waals surface area (Å²) in [5, 5.41) is 30.2. The number of carbonyl (C=O) groups is 1. The number of anilines is 1. The number of aromatic hydroxyl groups is 1. The molecule has 1 aromatic carbocycles. The largest absolute Gasteiger partial charge is 0.502 e. The molecule has 1 aliphatic rings. The van der Waals surface area contributed by atoms with Gasteiger partial charge in [0.15, 0.2) is 28.8 Å². The van der Waals surface area contributed by atoms with Crippen LogP contribution < -0.4 is 14.8 Å². The van der Waals surface area contributed by atoms with Crippen LogP contribution in [-0.4, -0.2) is 54.8 Å². The van der Waals surface area contributed by atoms with Crippen molar-refractivity contribution < 1.29 is 19.4 Å². The first-order valence-corrected chi connectivity index (χ1v) is 9.52. The Morgan fingerprint density at radius 1 is 1.16 bits per heavy atom. The van der Waals surface area contributed by atoms with E-state index in [-0.39, 0.29) is 35.5 Å². The number of hydrogen-bond donors (Lipinski definition) is 2. The van der Waals surface area contributed by atoms with Gasteiger partial charge in [0.1, 0.15) is 5.82 Å². The molecule has 0 aliphatic carbocycles. The number of nitrogens with zero attached hydrogens (tertiary/aromatic N) is 6. The molecule has 2 N–H and O–H groups in total. The molecule has 4 aromatic rings. The first-order chi connectivity index (χ1) is 15.0. The van der Waals surface area contributed by atoms with Crippen LogP contribution in [-0.2, 0) is 4.79 Å². The summed E-state index contributed by atoms with van der Waals surface area (Å²) in [6, 6.07) is 6.95. The van der Waals surface area contributed by atoms with Crippen molar-refractivity contribution >= 4 is 17.4 Å². The molecule has 1 amide bonds. The number of phenols is 1. The van der Waals surface area contributed by atoms with Crippen LogP contribution in [0.3, 0.4) is 0 Å². The van der Waals surface area contributed by atoms with Crippen LogP contribution in [0.2, 0.25) is 0 Å². The van der Waals surface area contributed by atoms with Crippen molar-refractivity contribution in [1.29, 1.82) is 0 Å². The van der Waals surface area contributed by atoms with Crippen molar-refractivity contribution in [3.05, 3.63) is 47.4 Å². The Kier molecular flexibility index (Phi) is 4.24. The number of phenolic OH excluding ortho intramolecular Hbond substituents is 1. The van der Waals surface area contributed by atoms with E-state index in [0.29, 0.717) is 23.1 Å². The topological polar surface area (TPSA) is 129 Å². The molecular formula is C20H19N7O4. The molecule has 0 spiro atoms. The van der Waals surface area contributed by atoms with E-state index in [1.807, 2.05) is 0 Å². The molecule has 4 heterocycles. The molecule has 11 heteroatoms.